The Hall–Kier alpha value is -1.64. The Morgan fingerprint density at radius 2 is 1.25 bits per heavy atom. The van der Waals surface area contributed by atoms with E-state index in [1.807, 2.05) is 60.7 Å². The molecule has 2 aromatic carbocycles. The van der Waals surface area contributed by atoms with Crippen LogP contribution in [0.15, 0.2) is 60.7 Å². The van der Waals surface area contributed by atoms with Crippen LogP contribution in [0.5, 0.6) is 0 Å². The first-order valence-corrected chi connectivity index (χ1v) is 7.45. The summed E-state index contributed by atoms with van der Waals surface area (Å²) in [7, 11) is 0. The van der Waals surface area contributed by atoms with E-state index < -0.39 is 5.60 Å². The second-order valence-electron chi connectivity index (χ2n) is 5.61. The van der Waals surface area contributed by atoms with Gasteiger partial charge in [-0.25, -0.2) is 0 Å². The molecule has 0 unspecified atom stereocenters. The molecular formula is C18H21NO. The summed E-state index contributed by atoms with van der Waals surface area (Å²) in [6.07, 6.45) is 1.99. The van der Waals surface area contributed by atoms with Gasteiger partial charge in [0, 0.05) is 0 Å². The molecular weight excluding hydrogens is 246 g/mol. The van der Waals surface area contributed by atoms with Gasteiger partial charge >= 0.3 is 0 Å². The van der Waals surface area contributed by atoms with Crippen molar-refractivity contribution < 1.29 is 10.4 Å². The number of piperidine rings is 1. The summed E-state index contributed by atoms with van der Waals surface area (Å²) in [6.45, 7) is 2.13. The van der Waals surface area contributed by atoms with E-state index >= 15 is 0 Å². The number of hydrogen-bond donors (Lipinski definition) is 1. The van der Waals surface area contributed by atoms with Crippen molar-refractivity contribution >= 4 is 0 Å². The van der Waals surface area contributed by atoms with Crippen LogP contribution in [0.1, 0.15) is 24.0 Å². The van der Waals surface area contributed by atoms with Crippen LogP contribution < -0.4 is 10.4 Å². The summed E-state index contributed by atoms with van der Waals surface area (Å²) in [5.74, 6) is 0.178. The van der Waals surface area contributed by atoms with Gasteiger partial charge in [-0.1, -0.05) is 77.4 Å². The summed E-state index contributed by atoms with van der Waals surface area (Å²) in [5, 5.41) is 16.2. The lowest BCUT2D eigenvalue weighted by atomic mass is 9.72. The van der Waals surface area contributed by atoms with Crippen molar-refractivity contribution in [3.05, 3.63) is 71.8 Å². The predicted molar refractivity (Wildman–Crippen MR) is 78.0 cm³/mol. The minimum Gasteiger partial charge on any atom is -0.842 e. The van der Waals surface area contributed by atoms with Crippen molar-refractivity contribution in [1.29, 1.82) is 0 Å². The molecule has 3 rings (SSSR count). The molecule has 0 aliphatic carbocycles. The third-order valence-corrected chi connectivity index (χ3v) is 4.42. The molecule has 20 heavy (non-hydrogen) atoms. The van der Waals surface area contributed by atoms with E-state index in [4.69, 9.17) is 0 Å². The molecule has 0 bridgehead atoms. The van der Waals surface area contributed by atoms with Crippen LogP contribution in [0.4, 0.5) is 0 Å². The predicted octanol–water partition coefficient (Wildman–Crippen LogP) is 1.26. The largest absolute Gasteiger partial charge is 0.842 e. The summed E-state index contributed by atoms with van der Waals surface area (Å²) >= 11 is 0. The fourth-order valence-electron chi connectivity index (χ4n) is 3.34. The molecule has 2 N–H and O–H groups in total. The van der Waals surface area contributed by atoms with Crippen molar-refractivity contribution in [1.82, 2.24) is 0 Å². The monoisotopic (exact) mass is 267 g/mol. The Morgan fingerprint density at radius 1 is 0.800 bits per heavy atom. The highest BCUT2D eigenvalue weighted by Crippen LogP contribution is 2.37. The van der Waals surface area contributed by atoms with E-state index in [2.05, 4.69) is 5.32 Å². The van der Waals surface area contributed by atoms with Gasteiger partial charge < -0.3 is 10.4 Å². The fourth-order valence-corrected chi connectivity index (χ4v) is 3.34. The molecule has 104 valence electrons. The quantitative estimate of drug-likeness (QED) is 0.893. The Morgan fingerprint density at radius 3 is 1.70 bits per heavy atom. The molecule has 0 radical (unpaired) electrons. The van der Waals surface area contributed by atoms with Gasteiger partial charge in [0.05, 0.1) is 13.1 Å². The van der Waals surface area contributed by atoms with Gasteiger partial charge in [-0.2, -0.15) is 0 Å². The molecule has 0 amide bonds. The van der Waals surface area contributed by atoms with Crippen LogP contribution in [0, 0.1) is 5.92 Å². The molecule has 1 aliphatic heterocycles. The van der Waals surface area contributed by atoms with Crippen LogP contribution in [-0.2, 0) is 5.60 Å². The first-order valence-electron chi connectivity index (χ1n) is 7.45. The van der Waals surface area contributed by atoms with Crippen LogP contribution >= 0.6 is 0 Å². The topological polar surface area (TPSA) is 39.7 Å². The van der Waals surface area contributed by atoms with Gasteiger partial charge in [-0.05, 0) is 18.8 Å². The van der Waals surface area contributed by atoms with E-state index in [-0.39, 0.29) is 5.92 Å². The van der Waals surface area contributed by atoms with Crippen molar-refractivity contribution in [2.45, 2.75) is 18.4 Å². The highest BCUT2D eigenvalue weighted by atomic mass is 16.3. The highest BCUT2D eigenvalue weighted by molar-refractivity contribution is 5.36. The number of quaternary nitrogens is 1. The smallest absolute Gasteiger partial charge is 0.0758 e. The van der Waals surface area contributed by atoms with E-state index in [1.165, 1.54) is 0 Å². The molecule has 1 aliphatic rings. The first kappa shape index (κ1) is 13.3. The van der Waals surface area contributed by atoms with Gasteiger partial charge in [-0.15, -0.1) is 0 Å². The van der Waals surface area contributed by atoms with Gasteiger partial charge in [0.1, 0.15) is 0 Å². The van der Waals surface area contributed by atoms with Crippen LogP contribution in [0.25, 0.3) is 0 Å². The normalized spacial score (nSPS) is 17.1. The lowest BCUT2D eigenvalue weighted by molar-refractivity contribution is -0.669. The highest BCUT2D eigenvalue weighted by Gasteiger charge is 2.33. The Balaban J connectivity index is 2.07. The van der Waals surface area contributed by atoms with E-state index in [0.717, 1.165) is 37.1 Å². The number of benzene rings is 2. The zero-order chi connectivity index (χ0) is 13.8. The van der Waals surface area contributed by atoms with Crippen LogP contribution in [-0.4, -0.2) is 13.1 Å². The Labute approximate surface area is 120 Å². The number of rotatable bonds is 3. The third-order valence-electron chi connectivity index (χ3n) is 4.42. The third kappa shape index (κ3) is 2.37. The molecule has 0 atom stereocenters. The summed E-state index contributed by atoms with van der Waals surface area (Å²) in [6, 6.07) is 19.8. The van der Waals surface area contributed by atoms with Gasteiger partial charge in [-0.3, -0.25) is 0 Å². The Bertz CT molecular complexity index is 492. The van der Waals surface area contributed by atoms with Gasteiger partial charge in [0.15, 0.2) is 0 Å². The molecule has 0 saturated carbocycles. The van der Waals surface area contributed by atoms with Gasteiger partial charge in [0.25, 0.3) is 0 Å². The second kappa shape index (κ2) is 5.78. The summed E-state index contributed by atoms with van der Waals surface area (Å²) in [5.41, 5.74) is 0.688. The number of nitrogens with two attached hydrogens (primary N) is 1. The van der Waals surface area contributed by atoms with Crippen LogP contribution in [0.3, 0.4) is 0 Å². The van der Waals surface area contributed by atoms with Gasteiger partial charge in [0.2, 0.25) is 0 Å². The minimum atomic E-state index is -1.11. The average Bonchev–Trinajstić information content (AvgIpc) is 2.56. The molecule has 2 nitrogen and oxygen atoms in total. The lowest BCUT2D eigenvalue weighted by Gasteiger charge is -2.49. The second-order valence-corrected chi connectivity index (χ2v) is 5.61. The van der Waals surface area contributed by atoms with E-state index in [9.17, 15) is 5.11 Å². The molecule has 1 saturated heterocycles. The molecule has 0 spiro atoms. The van der Waals surface area contributed by atoms with Crippen molar-refractivity contribution in [2.75, 3.05) is 13.1 Å². The minimum absolute atomic E-state index is 0.178. The summed E-state index contributed by atoms with van der Waals surface area (Å²) in [4.78, 5) is 0. The average molecular weight is 267 g/mol. The lowest BCUT2D eigenvalue weighted by Crippen LogP contribution is -2.87. The van der Waals surface area contributed by atoms with E-state index in [0.29, 0.717) is 0 Å². The standard InChI is InChI=1S/C18H20NO/c20-18(15-7-3-1-4-8-15,16-9-5-2-6-10-16)17-11-13-19-14-12-17/h1-10,17,19H,11-14H2/q-1/p+1. The fraction of sp³-hybridized carbons (Fsp3) is 0.333. The number of hydrogen-bond acceptors (Lipinski definition) is 1. The maximum atomic E-state index is 13.8. The molecule has 2 aromatic rings. The Kier molecular flexibility index (Phi) is 3.86. The van der Waals surface area contributed by atoms with Crippen molar-refractivity contribution in [3.8, 4) is 0 Å². The summed E-state index contributed by atoms with van der Waals surface area (Å²) < 4.78 is 0. The maximum absolute atomic E-state index is 13.8. The van der Waals surface area contributed by atoms with Crippen LogP contribution in [0.2, 0.25) is 0 Å². The first-order chi connectivity index (χ1) is 9.82. The zero-order valence-electron chi connectivity index (χ0n) is 11.7. The molecule has 0 aromatic heterocycles. The SMILES string of the molecule is [O-]C(c1ccccc1)(c1ccccc1)C1CC[NH2+]CC1. The van der Waals surface area contributed by atoms with Crippen molar-refractivity contribution in [2.24, 2.45) is 5.92 Å². The maximum Gasteiger partial charge on any atom is 0.0758 e. The van der Waals surface area contributed by atoms with E-state index in [1.54, 1.807) is 0 Å². The molecule has 2 heteroatoms. The van der Waals surface area contributed by atoms with Crippen molar-refractivity contribution in [3.63, 3.8) is 0 Å². The molecule has 1 heterocycles. The zero-order valence-corrected chi connectivity index (χ0v) is 11.7. The molecule has 1 fully saturated rings.